The van der Waals surface area contributed by atoms with E-state index < -0.39 is 0 Å². The number of amides is 2. The number of urea groups is 1. The molecule has 1 fully saturated rings. The molecule has 1 aliphatic rings. The van der Waals surface area contributed by atoms with Gasteiger partial charge in [-0.2, -0.15) is 0 Å². The summed E-state index contributed by atoms with van der Waals surface area (Å²) in [5.74, 6) is 1.49. The molecule has 1 atom stereocenters. The maximum atomic E-state index is 12.0. The van der Waals surface area contributed by atoms with E-state index in [0.717, 1.165) is 38.3 Å². The topological polar surface area (TPSA) is 32.3 Å². The van der Waals surface area contributed by atoms with Gasteiger partial charge in [0.05, 0.1) is 0 Å². The summed E-state index contributed by atoms with van der Waals surface area (Å²) in [5.41, 5.74) is 0. The minimum absolute atomic E-state index is 0.133. The van der Waals surface area contributed by atoms with Crippen LogP contribution >= 0.6 is 0 Å². The van der Waals surface area contributed by atoms with Crippen molar-refractivity contribution in [2.45, 2.75) is 59.4 Å². The summed E-state index contributed by atoms with van der Waals surface area (Å²) in [6.45, 7) is 10.7. The maximum absolute atomic E-state index is 12.0. The molecule has 0 spiro atoms. The number of carbonyl (C=O) groups excluding carboxylic acids is 1. The first-order chi connectivity index (χ1) is 7.99. The van der Waals surface area contributed by atoms with E-state index in [1.807, 2.05) is 4.90 Å². The van der Waals surface area contributed by atoms with Gasteiger partial charge in [0.15, 0.2) is 0 Å². The van der Waals surface area contributed by atoms with Crippen LogP contribution in [0.2, 0.25) is 0 Å². The second kappa shape index (κ2) is 6.87. The lowest BCUT2D eigenvalue weighted by Gasteiger charge is -2.31. The van der Waals surface area contributed by atoms with Gasteiger partial charge in [0, 0.05) is 19.1 Å². The average molecular weight is 240 g/mol. The van der Waals surface area contributed by atoms with Crippen molar-refractivity contribution in [3.63, 3.8) is 0 Å². The molecule has 1 rings (SSSR count). The number of carbonyl (C=O) groups is 1. The number of hydrogen-bond acceptors (Lipinski definition) is 1. The Hall–Kier alpha value is -0.730. The fourth-order valence-corrected chi connectivity index (χ4v) is 2.17. The van der Waals surface area contributed by atoms with Crippen LogP contribution in [0.4, 0.5) is 4.79 Å². The highest BCUT2D eigenvalue weighted by Crippen LogP contribution is 2.16. The molecule has 1 N–H and O–H groups in total. The van der Waals surface area contributed by atoms with Crippen molar-refractivity contribution in [3.8, 4) is 0 Å². The van der Waals surface area contributed by atoms with Gasteiger partial charge in [-0.3, -0.25) is 0 Å². The highest BCUT2D eigenvalue weighted by atomic mass is 16.2. The number of hydrogen-bond donors (Lipinski definition) is 1. The van der Waals surface area contributed by atoms with E-state index in [1.54, 1.807) is 0 Å². The Bertz CT molecular complexity index is 232. The molecule has 0 radical (unpaired) electrons. The lowest BCUT2D eigenvalue weighted by atomic mass is 9.99. The molecule has 1 heterocycles. The lowest BCUT2D eigenvalue weighted by molar-refractivity contribution is 0.170. The fraction of sp³-hybridized carbons (Fsp3) is 0.929. The van der Waals surface area contributed by atoms with Gasteiger partial charge in [-0.1, -0.05) is 20.8 Å². The molecule has 0 aromatic carbocycles. The third-order valence-corrected chi connectivity index (χ3v) is 3.62. The zero-order chi connectivity index (χ0) is 12.8. The zero-order valence-electron chi connectivity index (χ0n) is 11.8. The van der Waals surface area contributed by atoms with E-state index in [1.165, 1.54) is 6.42 Å². The molecule has 3 heteroatoms. The zero-order valence-corrected chi connectivity index (χ0v) is 11.8. The SMILES string of the molecule is CC(C)CCC(C)NC(=O)N1CCC(C)CC1. The highest BCUT2D eigenvalue weighted by molar-refractivity contribution is 5.74. The minimum atomic E-state index is 0.133. The summed E-state index contributed by atoms with van der Waals surface area (Å²) in [4.78, 5) is 13.9. The first-order valence-corrected chi connectivity index (χ1v) is 7.04. The van der Waals surface area contributed by atoms with E-state index in [2.05, 4.69) is 33.0 Å². The predicted molar refractivity (Wildman–Crippen MR) is 72.0 cm³/mol. The molecular weight excluding hydrogens is 212 g/mol. The molecule has 1 aliphatic heterocycles. The Balaban J connectivity index is 2.23. The standard InChI is InChI=1S/C14H28N2O/c1-11(2)5-6-13(4)15-14(17)16-9-7-12(3)8-10-16/h11-13H,5-10H2,1-4H3,(H,15,17). The van der Waals surface area contributed by atoms with Gasteiger partial charge < -0.3 is 10.2 Å². The molecular formula is C14H28N2O. The summed E-state index contributed by atoms with van der Waals surface area (Å²) in [6.07, 6.45) is 4.55. The third kappa shape index (κ3) is 5.42. The van der Waals surface area contributed by atoms with Crippen molar-refractivity contribution in [1.82, 2.24) is 10.2 Å². The van der Waals surface area contributed by atoms with Gasteiger partial charge in [0.1, 0.15) is 0 Å². The van der Waals surface area contributed by atoms with Crippen molar-refractivity contribution >= 4 is 6.03 Å². The van der Waals surface area contributed by atoms with E-state index in [9.17, 15) is 4.79 Å². The number of nitrogens with zero attached hydrogens (tertiary/aromatic N) is 1. The van der Waals surface area contributed by atoms with Crippen LogP contribution in [0, 0.1) is 11.8 Å². The van der Waals surface area contributed by atoms with Crippen LogP contribution in [0.3, 0.4) is 0 Å². The summed E-state index contributed by atoms with van der Waals surface area (Å²) in [5, 5.41) is 3.11. The molecule has 1 unspecified atom stereocenters. The Labute approximate surface area is 106 Å². The minimum Gasteiger partial charge on any atom is -0.336 e. The van der Waals surface area contributed by atoms with Crippen LogP contribution in [0.1, 0.15) is 53.4 Å². The van der Waals surface area contributed by atoms with E-state index in [0.29, 0.717) is 12.0 Å². The predicted octanol–water partition coefficient (Wildman–Crippen LogP) is 3.25. The van der Waals surface area contributed by atoms with Crippen LogP contribution in [0.5, 0.6) is 0 Å². The first-order valence-electron chi connectivity index (χ1n) is 7.04. The Morgan fingerprint density at radius 2 is 1.82 bits per heavy atom. The number of likely N-dealkylation sites (tertiary alicyclic amines) is 1. The summed E-state index contributed by atoms with van der Waals surface area (Å²) in [6, 6.07) is 0.428. The van der Waals surface area contributed by atoms with Gasteiger partial charge in [0.2, 0.25) is 0 Å². The van der Waals surface area contributed by atoms with Crippen molar-refractivity contribution in [2.24, 2.45) is 11.8 Å². The number of nitrogens with one attached hydrogen (secondary N) is 1. The summed E-state index contributed by atoms with van der Waals surface area (Å²) in [7, 11) is 0. The molecule has 17 heavy (non-hydrogen) atoms. The molecule has 0 aromatic rings. The summed E-state index contributed by atoms with van der Waals surface area (Å²) < 4.78 is 0. The molecule has 100 valence electrons. The highest BCUT2D eigenvalue weighted by Gasteiger charge is 2.21. The van der Waals surface area contributed by atoms with Gasteiger partial charge >= 0.3 is 6.03 Å². The molecule has 0 aromatic heterocycles. The number of rotatable bonds is 4. The molecule has 2 amide bonds. The van der Waals surface area contributed by atoms with Crippen LogP contribution in [-0.4, -0.2) is 30.1 Å². The smallest absolute Gasteiger partial charge is 0.317 e. The van der Waals surface area contributed by atoms with Gasteiger partial charge in [-0.05, 0) is 44.4 Å². The monoisotopic (exact) mass is 240 g/mol. The van der Waals surface area contributed by atoms with Crippen LogP contribution < -0.4 is 5.32 Å². The fourth-order valence-electron chi connectivity index (χ4n) is 2.17. The Morgan fingerprint density at radius 3 is 2.35 bits per heavy atom. The number of piperidine rings is 1. The molecule has 1 saturated heterocycles. The van der Waals surface area contributed by atoms with Gasteiger partial charge in [-0.25, -0.2) is 4.79 Å². The summed E-state index contributed by atoms with van der Waals surface area (Å²) >= 11 is 0. The molecule has 3 nitrogen and oxygen atoms in total. The van der Waals surface area contributed by atoms with Gasteiger partial charge in [-0.15, -0.1) is 0 Å². The average Bonchev–Trinajstić information content (AvgIpc) is 2.27. The normalized spacial score (nSPS) is 19.5. The third-order valence-electron chi connectivity index (χ3n) is 3.62. The first kappa shape index (κ1) is 14.3. The quantitative estimate of drug-likeness (QED) is 0.803. The second-order valence-corrected chi connectivity index (χ2v) is 5.99. The second-order valence-electron chi connectivity index (χ2n) is 5.99. The van der Waals surface area contributed by atoms with Crippen molar-refractivity contribution < 1.29 is 4.79 Å². The maximum Gasteiger partial charge on any atom is 0.317 e. The largest absolute Gasteiger partial charge is 0.336 e. The Kier molecular flexibility index (Phi) is 5.79. The molecule has 0 bridgehead atoms. The van der Waals surface area contributed by atoms with Crippen molar-refractivity contribution in [3.05, 3.63) is 0 Å². The van der Waals surface area contributed by atoms with E-state index >= 15 is 0 Å². The van der Waals surface area contributed by atoms with Crippen LogP contribution in [-0.2, 0) is 0 Å². The lowest BCUT2D eigenvalue weighted by Crippen LogP contribution is -2.47. The molecule has 0 saturated carbocycles. The van der Waals surface area contributed by atoms with Gasteiger partial charge in [0.25, 0.3) is 0 Å². The van der Waals surface area contributed by atoms with E-state index in [4.69, 9.17) is 0 Å². The van der Waals surface area contributed by atoms with Crippen LogP contribution in [0.25, 0.3) is 0 Å². The van der Waals surface area contributed by atoms with Crippen molar-refractivity contribution in [2.75, 3.05) is 13.1 Å². The Morgan fingerprint density at radius 1 is 1.24 bits per heavy atom. The van der Waals surface area contributed by atoms with Crippen molar-refractivity contribution in [1.29, 1.82) is 0 Å². The van der Waals surface area contributed by atoms with Crippen LogP contribution in [0.15, 0.2) is 0 Å². The molecule has 0 aliphatic carbocycles. The van der Waals surface area contributed by atoms with E-state index in [-0.39, 0.29) is 6.03 Å².